The molecular weight excluding hydrogens is 362 g/mol. The van der Waals surface area contributed by atoms with E-state index in [9.17, 15) is 10.1 Å². The number of nitrogen functional groups attached to an aromatic ring is 1. The van der Waals surface area contributed by atoms with Crippen molar-refractivity contribution < 1.29 is 9.66 Å². The molecule has 0 aliphatic carbocycles. The monoisotopic (exact) mass is 369 g/mol. The fraction of sp³-hybridized carbons (Fsp3) is 0. The van der Waals surface area contributed by atoms with Crippen LogP contribution in [0.1, 0.15) is 5.56 Å². The molecule has 0 aliphatic rings. The van der Waals surface area contributed by atoms with Gasteiger partial charge in [-0.05, 0) is 24.3 Å². The van der Waals surface area contributed by atoms with Gasteiger partial charge in [-0.1, -0.05) is 27.5 Å². The highest BCUT2D eigenvalue weighted by molar-refractivity contribution is 9.10. The van der Waals surface area contributed by atoms with Gasteiger partial charge in [0.25, 0.3) is 5.69 Å². The topological polar surface area (TPSA) is 102 Å². The van der Waals surface area contributed by atoms with Gasteiger partial charge in [0.05, 0.1) is 10.5 Å². The second-order valence-electron chi connectivity index (χ2n) is 4.03. The Hall–Kier alpha value is -2.12. The smallest absolute Gasteiger partial charge is 0.288 e. The lowest BCUT2D eigenvalue weighted by Crippen LogP contribution is -2.12. The lowest BCUT2D eigenvalue weighted by atomic mass is 10.2. The summed E-state index contributed by atoms with van der Waals surface area (Å²) in [7, 11) is 0. The van der Waals surface area contributed by atoms with Crippen LogP contribution in [0.15, 0.2) is 40.9 Å². The van der Waals surface area contributed by atoms with Crippen molar-refractivity contribution in [3.63, 3.8) is 0 Å². The second kappa shape index (κ2) is 6.11. The molecule has 108 valence electrons. The predicted molar refractivity (Wildman–Crippen MR) is 83.3 cm³/mol. The Morgan fingerprint density at radius 1 is 1.33 bits per heavy atom. The minimum atomic E-state index is -0.577. The van der Waals surface area contributed by atoms with Crippen molar-refractivity contribution in [2.24, 2.45) is 5.73 Å². The van der Waals surface area contributed by atoms with Crippen molar-refractivity contribution >= 4 is 39.1 Å². The van der Waals surface area contributed by atoms with Gasteiger partial charge in [-0.3, -0.25) is 15.5 Å². The molecule has 0 bridgehead atoms. The average molecular weight is 371 g/mol. The van der Waals surface area contributed by atoms with Crippen LogP contribution in [0.25, 0.3) is 0 Å². The maximum atomic E-state index is 10.7. The summed E-state index contributed by atoms with van der Waals surface area (Å²) >= 11 is 9.12. The number of nitrogens with zero attached hydrogens (tertiary/aromatic N) is 1. The summed E-state index contributed by atoms with van der Waals surface area (Å²) in [4.78, 5) is 10.1. The fourth-order valence-corrected chi connectivity index (χ4v) is 2.21. The molecular formula is C13H9BrClN3O3. The number of ether oxygens (including phenoxy) is 1. The number of amidine groups is 1. The van der Waals surface area contributed by atoms with Crippen molar-refractivity contribution in [3.05, 3.63) is 61.6 Å². The molecule has 0 unspecified atom stereocenters. The predicted octanol–water partition coefficient (Wildman–Crippen LogP) is 4.09. The number of halogens is 2. The van der Waals surface area contributed by atoms with Crippen molar-refractivity contribution in [2.45, 2.75) is 0 Å². The second-order valence-corrected chi connectivity index (χ2v) is 5.35. The van der Waals surface area contributed by atoms with Crippen molar-refractivity contribution in [1.29, 1.82) is 5.41 Å². The number of nitrogens with one attached hydrogen (secondary N) is 1. The zero-order valence-corrected chi connectivity index (χ0v) is 12.8. The highest BCUT2D eigenvalue weighted by Gasteiger charge is 2.14. The number of hydrogen-bond donors (Lipinski definition) is 2. The van der Waals surface area contributed by atoms with Crippen LogP contribution >= 0.6 is 27.5 Å². The zero-order valence-electron chi connectivity index (χ0n) is 10.5. The van der Waals surface area contributed by atoms with Crippen LogP contribution in [0.3, 0.4) is 0 Å². The number of nitrogens with two attached hydrogens (primary N) is 1. The third-order valence-electron chi connectivity index (χ3n) is 2.58. The molecule has 0 spiro atoms. The minimum absolute atomic E-state index is 0.0307. The van der Waals surface area contributed by atoms with E-state index in [1.54, 1.807) is 18.2 Å². The maximum Gasteiger partial charge on any atom is 0.288 e. The molecule has 0 atom stereocenters. The van der Waals surface area contributed by atoms with Gasteiger partial charge >= 0.3 is 0 Å². The molecule has 0 saturated heterocycles. The van der Waals surface area contributed by atoms with Gasteiger partial charge in [-0.15, -0.1) is 0 Å². The Kier molecular flexibility index (Phi) is 4.44. The van der Waals surface area contributed by atoms with Crippen LogP contribution in [-0.2, 0) is 0 Å². The van der Waals surface area contributed by atoms with E-state index in [1.165, 1.54) is 18.2 Å². The normalized spacial score (nSPS) is 10.2. The van der Waals surface area contributed by atoms with Gasteiger partial charge in [0, 0.05) is 16.6 Å². The van der Waals surface area contributed by atoms with Gasteiger partial charge in [-0.25, -0.2) is 0 Å². The summed E-state index contributed by atoms with van der Waals surface area (Å²) in [6, 6.07) is 9.02. The van der Waals surface area contributed by atoms with Crippen LogP contribution in [0.4, 0.5) is 5.69 Å². The van der Waals surface area contributed by atoms with E-state index in [4.69, 9.17) is 27.5 Å². The Labute approximate surface area is 133 Å². The quantitative estimate of drug-likeness (QED) is 0.366. The first-order valence-corrected chi connectivity index (χ1v) is 6.81. The number of benzene rings is 2. The Morgan fingerprint density at radius 2 is 2.05 bits per heavy atom. The zero-order chi connectivity index (χ0) is 15.6. The molecule has 8 heteroatoms. The van der Waals surface area contributed by atoms with Crippen LogP contribution in [-0.4, -0.2) is 10.8 Å². The SMILES string of the molecule is N=C(N)c1ccc(Br)cc1Oc1ccc([N+](=O)[O-])c(Cl)c1. The summed E-state index contributed by atoms with van der Waals surface area (Å²) in [5.74, 6) is 0.513. The highest BCUT2D eigenvalue weighted by Crippen LogP contribution is 2.33. The Balaban J connectivity index is 2.38. The van der Waals surface area contributed by atoms with Gasteiger partial charge in [-0.2, -0.15) is 0 Å². The lowest BCUT2D eigenvalue weighted by molar-refractivity contribution is -0.384. The Morgan fingerprint density at radius 3 is 2.62 bits per heavy atom. The average Bonchev–Trinajstić information content (AvgIpc) is 2.37. The first kappa shape index (κ1) is 15.3. The van der Waals surface area contributed by atoms with Gasteiger partial charge < -0.3 is 10.5 Å². The molecule has 0 radical (unpaired) electrons. The van der Waals surface area contributed by atoms with Crippen LogP contribution in [0, 0.1) is 15.5 Å². The molecule has 0 aromatic heterocycles. The molecule has 2 rings (SSSR count). The summed E-state index contributed by atoms with van der Waals surface area (Å²) in [6.07, 6.45) is 0. The fourth-order valence-electron chi connectivity index (χ4n) is 1.63. The van der Waals surface area contributed by atoms with Gasteiger partial charge in [0.1, 0.15) is 22.4 Å². The van der Waals surface area contributed by atoms with E-state index >= 15 is 0 Å². The molecule has 0 fully saturated rings. The van der Waals surface area contributed by atoms with E-state index in [2.05, 4.69) is 15.9 Å². The van der Waals surface area contributed by atoms with E-state index in [0.717, 1.165) is 4.47 Å². The number of hydrogen-bond acceptors (Lipinski definition) is 4. The molecule has 2 aromatic carbocycles. The summed E-state index contributed by atoms with van der Waals surface area (Å²) in [5.41, 5.74) is 5.69. The number of rotatable bonds is 4. The lowest BCUT2D eigenvalue weighted by Gasteiger charge is -2.11. The molecule has 6 nitrogen and oxygen atoms in total. The van der Waals surface area contributed by atoms with E-state index in [-0.39, 0.29) is 16.5 Å². The first-order chi connectivity index (χ1) is 9.88. The molecule has 0 heterocycles. The van der Waals surface area contributed by atoms with E-state index < -0.39 is 4.92 Å². The number of nitro groups is 1. The van der Waals surface area contributed by atoms with Crippen molar-refractivity contribution in [3.8, 4) is 11.5 Å². The molecule has 21 heavy (non-hydrogen) atoms. The third-order valence-corrected chi connectivity index (χ3v) is 3.37. The third kappa shape index (κ3) is 3.50. The molecule has 0 aliphatic heterocycles. The van der Waals surface area contributed by atoms with Crippen molar-refractivity contribution in [2.75, 3.05) is 0 Å². The van der Waals surface area contributed by atoms with Gasteiger partial charge in [0.2, 0.25) is 0 Å². The summed E-state index contributed by atoms with van der Waals surface area (Å²) in [5, 5.41) is 18.2. The summed E-state index contributed by atoms with van der Waals surface area (Å²) < 4.78 is 6.36. The van der Waals surface area contributed by atoms with Crippen molar-refractivity contribution in [1.82, 2.24) is 0 Å². The number of nitro benzene ring substituents is 1. The first-order valence-electron chi connectivity index (χ1n) is 5.64. The highest BCUT2D eigenvalue weighted by atomic mass is 79.9. The Bertz CT molecular complexity index is 737. The minimum Gasteiger partial charge on any atom is -0.456 e. The maximum absolute atomic E-state index is 10.7. The standard InChI is InChI=1S/C13H9BrClN3O3/c14-7-1-3-9(13(16)17)12(5-7)21-8-2-4-11(18(19)20)10(15)6-8/h1-6H,(H3,16,17). The largest absolute Gasteiger partial charge is 0.456 e. The molecule has 3 N–H and O–H groups in total. The van der Waals surface area contributed by atoms with Crippen LogP contribution in [0.5, 0.6) is 11.5 Å². The van der Waals surface area contributed by atoms with Crippen LogP contribution < -0.4 is 10.5 Å². The van der Waals surface area contributed by atoms with Gasteiger partial charge in [0.15, 0.2) is 0 Å². The molecule has 0 amide bonds. The summed E-state index contributed by atoms with van der Waals surface area (Å²) in [6.45, 7) is 0. The molecule has 2 aromatic rings. The molecule has 0 saturated carbocycles. The van der Waals surface area contributed by atoms with E-state index in [1.807, 2.05) is 0 Å². The van der Waals surface area contributed by atoms with Crippen LogP contribution in [0.2, 0.25) is 5.02 Å². The van der Waals surface area contributed by atoms with E-state index in [0.29, 0.717) is 17.1 Å².